The molecule has 1 amide bonds. The minimum atomic E-state index is -0.883. The largest absolute Gasteiger partial charge is 0.448 e. The van der Waals surface area contributed by atoms with E-state index in [9.17, 15) is 9.59 Å². The Morgan fingerprint density at radius 2 is 1.83 bits per heavy atom. The third kappa shape index (κ3) is 3.83. The monoisotopic (exact) mass is 403 g/mol. The van der Waals surface area contributed by atoms with Crippen LogP contribution in [0.4, 0.5) is 5.69 Å². The van der Waals surface area contributed by atoms with Crippen molar-refractivity contribution < 1.29 is 14.3 Å². The van der Waals surface area contributed by atoms with Crippen LogP contribution in [0.5, 0.6) is 0 Å². The van der Waals surface area contributed by atoms with Gasteiger partial charge in [0.05, 0.1) is 0 Å². The molecule has 0 radical (unpaired) electrons. The van der Waals surface area contributed by atoms with Crippen molar-refractivity contribution in [3.05, 3.63) is 63.9 Å². The number of esters is 1. The number of hydrogen-bond donors (Lipinski definition) is 1. The molecule has 0 bridgehead atoms. The molecular weight excluding hydrogens is 390 g/mol. The standard InChI is InChI=1S/C18H14BrNO3S/c1-11(17(21)20-14-8-6-13(19)7-9-14)23-18(22)16-10-12-4-2-3-5-15(12)24-16/h2-11H,1H3,(H,20,21)/t11-/m1/s1. The molecule has 6 heteroatoms. The van der Waals surface area contributed by atoms with Gasteiger partial charge in [-0.15, -0.1) is 11.3 Å². The Morgan fingerprint density at radius 3 is 2.54 bits per heavy atom. The van der Waals surface area contributed by atoms with Gasteiger partial charge in [-0.05, 0) is 48.7 Å². The van der Waals surface area contributed by atoms with Crippen molar-refractivity contribution in [2.45, 2.75) is 13.0 Å². The Kier molecular flexibility index (Phi) is 4.97. The molecule has 1 aromatic heterocycles. The number of fused-ring (bicyclic) bond motifs is 1. The van der Waals surface area contributed by atoms with E-state index in [1.807, 2.05) is 36.4 Å². The molecule has 0 saturated carbocycles. The van der Waals surface area contributed by atoms with Crippen LogP contribution < -0.4 is 5.32 Å². The van der Waals surface area contributed by atoms with Crippen LogP contribution in [-0.2, 0) is 9.53 Å². The summed E-state index contributed by atoms with van der Waals surface area (Å²) in [5.41, 5.74) is 0.646. The van der Waals surface area contributed by atoms with Gasteiger partial charge in [0.2, 0.25) is 0 Å². The van der Waals surface area contributed by atoms with Crippen LogP contribution in [0.25, 0.3) is 10.1 Å². The number of carbonyl (C=O) groups excluding carboxylic acids is 2. The molecule has 0 unspecified atom stereocenters. The lowest BCUT2D eigenvalue weighted by Crippen LogP contribution is -2.29. The molecule has 0 aliphatic carbocycles. The van der Waals surface area contributed by atoms with Gasteiger partial charge < -0.3 is 10.1 Å². The van der Waals surface area contributed by atoms with E-state index in [4.69, 9.17) is 4.74 Å². The predicted octanol–water partition coefficient (Wildman–Crippen LogP) is 4.85. The van der Waals surface area contributed by atoms with E-state index in [1.165, 1.54) is 11.3 Å². The molecule has 24 heavy (non-hydrogen) atoms. The molecule has 0 aliphatic heterocycles. The fourth-order valence-electron chi connectivity index (χ4n) is 2.13. The highest BCUT2D eigenvalue weighted by atomic mass is 79.9. The maximum Gasteiger partial charge on any atom is 0.349 e. The van der Waals surface area contributed by atoms with Crippen molar-refractivity contribution in [1.82, 2.24) is 0 Å². The van der Waals surface area contributed by atoms with Gasteiger partial charge in [-0.3, -0.25) is 4.79 Å². The molecule has 3 rings (SSSR count). The lowest BCUT2D eigenvalue weighted by Gasteiger charge is -2.13. The van der Waals surface area contributed by atoms with Crippen molar-refractivity contribution in [3.8, 4) is 0 Å². The second-order valence-electron chi connectivity index (χ2n) is 5.19. The number of amides is 1. The van der Waals surface area contributed by atoms with E-state index in [0.717, 1.165) is 14.6 Å². The summed E-state index contributed by atoms with van der Waals surface area (Å²) in [5.74, 6) is -0.860. The van der Waals surface area contributed by atoms with Crippen LogP contribution in [0.1, 0.15) is 16.6 Å². The average molecular weight is 404 g/mol. The minimum absolute atomic E-state index is 0.369. The van der Waals surface area contributed by atoms with Crippen LogP contribution >= 0.6 is 27.3 Å². The summed E-state index contributed by atoms with van der Waals surface area (Å²) in [7, 11) is 0. The van der Waals surface area contributed by atoms with E-state index >= 15 is 0 Å². The molecule has 1 atom stereocenters. The Bertz CT molecular complexity index is 856. The number of ether oxygens (including phenoxy) is 1. The zero-order chi connectivity index (χ0) is 17.1. The fourth-order valence-corrected chi connectivity index (χ4v) is 3.34. The predicted molar refractivity (Wildman–Crippen MR) is 99.5 cm³/mol. The second kappa shape index (κ2) is 7.15. The van der Waals surface area contributed by atoms with Crippen molar-refractivity contribution in [2.24, 2.45) is 0 Å². The first kappa shape index (κ1) is 16.7. The molecule has 4 nitrogen and oxygen atoms in total. The SMILES string of the molecule is C[C@@H](OC(=O)c1cc2ccccc2s1)C(=O)Nc1ccc(Br)cc1. The minimum Gasteiger partial charge on any atom is -0.448 e. The zero-order valence-electron chi connectivity index (χ0n) is 12.8. The summed E-state index contributed by atoms with van der Waals surface area (Å²) in [6, 6.07) is 16.7. The van der Waals surface area contributed by atoms with Crippen LogP contribution in [0.2, 0.25) is 0 Å². The highest BCUT2D eigenvalue weighted by molar-refractivity contribution is 9.10. The average Bonchev–Trinajstić information content (AvgIpc) is 3.01. The zero-order valence-corrected chi connectivity index (χ0v) is 15.2. The number of carbonyl (C=O) groups is 2. The molecule has 122 valence electrons. The highest BCUT2D eigenvalue weighted by Crippen LogP contribution is 2.26. The van der Waals surface area contributed by atoms with Gasteiger partial charge in [-0.25, -0.2) is 4.79 Å². The smallest absolute Gasteiger partial charge is 0.349 e. The molecule has 0 spiro atoms. The maximum atomic E-state index is 12.2. The molecule has 2 aromatic carbocycles. The Labute approximate surface area is 151 Å². The number of nitrogens with one attached hydrogen (secondary N) is 1. The Hall–Kier alpha value is -2.18. The normalized spacial score (nSPS) is 11.9. The molecule has 1 heterocycles. The summed E-state index contributed by atoms with van der Waals surface area (Å²) in [4.78, 5) is 24.9. The van der Waals surface area contributed by atoms with E-state index in [0.29, 0.717) is 10.6 Å². The van der Waals surface area contributed by atoms with E-state index < -0.39 is 12.1 Å². The van der Waals surface area contributed by atoms with Gasteiger partial charge in [-0.1, -0.05) is 34.1 Å². The van der Waals surface area contributed by atoms with E-state index in [-0.39, 0.29) is 5.91 Å². The van der Waals surface area contributed by atoms with Gasteiger partial charge in [0.1, 0.15) is 4.88 Å². The van der Waals surface area contributed by atoms with Crippen LogP contribution in [-0.4, -0.2) is 18.0 Å². The van der Waals surface area contributed by atoms with Gasteiger partial charge in [-0.2, -0.15) is 0 Å². The van der Waals surface area contributed by atoms with Crippen molar-refractivity contribution in [2.75, 3.05) is 5.32 Å². The van der Waals surface area contributed by atoms with Crippen LogP contribution in [0.15, 0.2) is 59.1 Å². The van der Waals surface area contributed by atoms with Gasteiger partial charge in [0.15, 0.2) is 6.10 Å². The highest BCUT2D eigenvalue weighted by Gasteiger charge is 2.20. The van der Waals surface area contributed by atoms with Crippen LogP contribution in [0.3, 0.4) is 0 Å². The Morgan fingerprint density at radius 1 is 1.12 bits per heavy atom. The first-order valence-electron chi connectivity index (χ1n) is 7.29. The molecular formula is C18H14BrNO3S. The molecule has 0 saturated heterocycles. The lowest BCUT2D eigenvalue weighted by molar-refractivity contribution is -0.123. The first-order valence-corrected chi connectivity index (χ1v) is 8.90. The second-order valence-corrected chi connectivity index (χ2v) is 7.19. The topological polar surface area (TPSA) is 55.4 Å². The quantitative estimate of drug-likeness (QED) is 0.633. The molecule has 0 aliphatic rings. The third-order valence-electron chi connectivity index (χ3n) is 3.39. The van der Waals surface area contributed by atoms with Crippen molar-refractivity contribution >= 4 is 54.9 Å². The third-order valence-corrected chi connectivity index (χ3v) is 5.02. The van der Waals surface area contributed by atoms with Gasteiger partial charge >= 0.3 is 5.97 Å². The summed E-state index contributed by atoms with van der Waals surface area (Å²) in [5, 5.41) is 3.71. The van der Waals surface area contributed by atoms with E-state index in [2.05, 4.69) is 21.2 Å². The number of benzene rings is 2. The molecule has 3 aromatic rings. The first-order chi connectivity index (χ1) is 11.5. The van der Waals surface area contributed by atoms with Gasteiger partial charge in [0, 0.05) is 14.9 Å². The fraction of sp³-hybridized carbons (Fsp3) is 0.111. The summed E-state index contributed by atoms with van der Waals surface area (Å²) in [6.45, 7) is 1.55. The number of thiophene rings is 1. The number of halogens is 1. The number of hydrogen-bond acceptors (Lipinski definition) is 4. The number of rotatable bonds is 4. The lowest BCUT2D eigenvalue weighted by atomic mass is 10.2. The summed E-state index contributed by atoms with van der Waals surface area (Å²) >= 11 is 4.69. The molecule has 1 N–H and O–H groups in total. The van der Waals surface area contributed by atoms with Gasteiger partial charge in [0.25, 0.3) is 5.91 Å². The number of anilines is 1. The van der Waals surface area contributed by atoms with Crippen molar-refractivity contribution in [3.63, 3.8) is 0 Å². The molecule has 0 fully saturated rings. The Balaban J connectivity index is 1.64. The maximum absolute atomic E-state index is 12.2. The van der Waals surface area contributed by atoms with Crippen molar-refractivity contribution in [1.29, 1.82) is 0 Å². The summed E-state index contributed by atoms with van der Waals surface area (Å²) < 4.78 is 7.21. The van der Waals surface area contributed by atoms with Crippen LogP contribution in [0, 0.1) is 0 Å². The van der Waals surface area contributed by atoms with E-state index in [1.54, 1.807) is 25.1 Å². The summed E-state index contributed by atoms with van der Waals surface area (Å²) in [6.07, 6.45) is -0.883.